The average molecular weight is 281 g/mol. The Bertz CT molecular complexity index is 470. The first-order valence-electron chi connectivity index (χ1n) is 6.83. The third kappa shape index (κ3) is 3.80. The van der Waals surface area contributed by atoms with Gasteiger partial charge >= 0.3 is 0 Å². The first kappa shape index (κ1) is 15.0. The van der Waals surface area contributed by atoms with Gasteiger partial charge in [-0.1, -0.05) is 0 Å². The van der Waals surface area contributed by atoms with Gasteiger partial charge in [0, 0.05) is 33.4 Å². The molecule has 0 N–H and O–H groups in total. The number of methoxy groups -OCH3 is 1. The van der Waals surface area contributed by atoms with E-state index in [1.54, 1.807) is 11.8 Å². The van der Waals surface area contributed by atoms with E-state index in [9.17, 15) is 4.79 Å². The molecule has 0 spiro atoms. The maximum atomic E-state index is 12.4. The molecule has 1 fully saturated rings. The summed E-state index contributed by atoms with van der Waals surface area (Å²) in [6, 6.07) is 1.87. The summed E-state index contributed by atoms with van der Waals surface area (Å²) in [5, 5.41) is 4.25. The molecule has 1 amide bonds. The molecule has 1 aliphatic heterocycles. The summed E-state index contributed by atoms with van der Waals surface area (Å²) < 4.78 is 12.8. The fourth-order valence-electron chi connectivity index (χ4n) is 2.58. The fourth-order valence-corrected chi connectivity index (χ4v) is 2.58. The van der Waals surface area contributed by atoms with Crippen LogP contribution >= 0.6 is 0 Å². The van der Waals surface area contributed by atoms with E-state index in [2.05, 4.69) is 5.10 Å². The number of aromatic nitrogens is 2. The van der Waals surface area contributed by atoms with Crippen LogP contribution < -0.4 is 0 Å². The maximum Gasteiger partial charge on any atom is 0.228 e. The third-order valence-corrected chi connectivity index (χ3v) is 3.29. The van der Waals surface area contributed by atoms with Crippen LogP contribution in [0.15, 0.2) is 12.3 Å². The van der Waals surface area contributed by atoms with Crippen molar-refractivity contribution in [1.82, 2.24) is 14.7 Å². The van der Waals surface area contributed by atoms with Crippen LogP contribution in [0.25, 0.3) is 0 Å². The second-order valence-electron chi connectivity index (χ2n) is 5.89. The van der Waals surface area contributed by atoms with Crippen LogP contribution in [0.3, 0.4) is 0 Å². The Balaban J connectivity index is 2.00. The molecule has 112 valence electrons. The number of rotatable bonds is 4. The van der Waals surface area contributed by atoms with E-state index in [0.717, 1.165) is 5.69 Å². The van der Waals surface area contributed by atoms with Crippen LogP contribution in [0.2, 0.25) is 0 Å². The molecule has 0 bridgehead atoms. The van der Waals surface area contributed by atoms with Gasteiger partial charge in [0.25, 0.3) is 0 Å². The molecular weight excluding hydrogens is 258 g/mol. The van der Waals surface area contributed by atoms with Gasteiger partial charge in [-0.2, -0.15) is 5.10 Å². The van der Waals surface area contributed by atoms with Crippen LogP contribution in [-0.2, 0) is 27.7 Å². The zero-order valence-electron chi connectivity index (χ0n) is 12.6. The predicted octanol–water partition coefficient (Wildman–Crippen LogP) is 0.615. The predicted molar refractivity (Wildman–Crippen MR) is 74.3 cm³/mol. The maximum absolute atomic E-state index is 12.4. The molecule has 1 saturated heterocycles. The minimum absolute atomic E-state index is 0.0727. The first-order valence-corrected chi connectivity index (χ1v) is 6.83. The number of carbonyl (C=O) groups is 1. The van der Waals surface area contributed by atoms with Gasteiger partial charge in [0.1, 0.15) is 0 Å². The molecule has 0 aliphatic carbocycles. The van der Waals surface area contributed by atoms with Gasteiger partial charge in [-0.3, -0.25) is 9.48 Å². The number of hydrogen-bond donors (Lipinski definition) is 0. The molecule has 6 nitrogen and oxygen atoms in total. The van der Waals surface area contributed by atoms with E-state index < -0.39 is 0 Å². The smallest absolute Gasteiger partial charge is 0.228 e. The molecule has 2 rings (SSSR count). The second kappa shape index (κ2) is 5.93. The third-order valence-electron chi connectivity index (χ3n) is 3.29. The van der Waals surface area contributed by atoms with E-state index in [1.165, 1.54) is 0 Å². The van der Waals surface area contributed by atoms with Crippen LogP contribution in [0.1, 0.15) is 19.5 Å². The van der Waals surface area contributed by atoms with Crippen LogP contribution in [0, 0.1) is 0 Å². The minimum atomic E-state index is -0.346. The van der Waals surface area contributed by atoms with Crippen LogP contribution in [0.5, 0.6) is 0 Å². The standard InChI is InChI=1S/C14H23N3O3/c1-14(2)10-17(8-12(20-14)9-19-4)13(18)7-11-5-6-16(3)15-11/h5-6,12H,7-10H2,1-4H3/t12-/m0/s1. The van der Waals surface area contributed by atoms with Crippen molar-refractivity contribution in [3.05, 3.63) is 18.0 Å². The Labute approximate surface area is 119 Å². The number of carbonyl (C=O) groups excluding carboxylic acids is 1. The Kier molecular flexibility index (Phi) is 4.45. The molecule has 0 aromatic carbocycles. The summed E-state index contributed by atoms with van der Waals surface area (Å²) in [5.41, 5.74) is 0.450. The summed E-state index contributed by atoms with van der Waals surface area (Å²) >= 11 is 0. The molecule has 1 atom stereocenters. The summed E-state index contributed by atoms with van der Waals surface area (Å²) in [7, 11) is 3.49. The van der Waals surface area contributed by atoms with Gasteiger partial charge in [0.2, 0.25) is 5.91 Å². The van der Waals surface area contributed by atoms with Crippen LogP contribution in [-0.4, -0.2) is 59.1 Å². The van der Waals surface area contributed by atoms with Crippen molar-refractivity contribution in [3.63, 3.8) is 0 Å². The summed E-state index contributed by atoms with van der Waals surface area (Å²) in [6.45, 7) is 5.66. The van der Waals surface area contributed by atoms with Crippen molar-refractivity contribution in [2.24, 2.45) is 7.05 Å². The molecule has 0 saturated carbocycles. The van der Waals surface area contributed by atoms with Gasteiger partial charge in [-0.15, -0.1) is 0 Å². The summed E-state index contributed by atoms with van der Waals surface area (Å²) in [4.78, 5) is 14.2. The molecule has 1 aliphatic rings. The first-order chi connectivity index (χ1) is 9.39. The van der Waals surface area contributed by atoms with Crippen molar-refractivity contribution >= 4 is 5.91 Å². The SMILES string of the molecule is COC[C@@H]1CN(C(=O)Cc2ccn(C)n2)CC(C)(C)O1. The zero-order valence-corrected chi connectivity index (χ0v) is 12.6. The topological polar surface area (TPSA) is 56.6 Å². The number of hydrogen-bond acceptors (Lipinski definition) is 4. The minimum Gasteiger partial charge on any atom is -0.382 e. The largest absolute Gasteiger partial charge is 0.382 e. The van der Waals surface area contributed by atoms with Gasteiger partial charge in [-0.05, 0) is 19.9 Å². The van der Waals surface area contributed by atoms with E-state index in [1.807, 2.05) is 38.1 Å². The number of aryl methyl sites for hydroxylation is 1. The summed E-state index contributed by atoms with van der Waals surface area (Å²) in [5.74, 6) is 0.0844. The lowest BCUT2D eigenvalue weighted by Gasteiger charge is -2.42. The highest BCUT2D eigenvalue weighted by atomic mass is 16.5. The van der Waals surface area contributed by atoms with E-state index in [0.29, 0.717) is 26.1 Å². The quantitative estimate of drug-likeness (QED) is 0.811. The molecule has 1 aromatic rings. The van der Waals surface area contributed by atoms with Gasteiger partial charge in [0.05, 0.1) is 30.4 Å². The normalized spacial score (nSPS) is 22.0. The molecule has 0 unspecified atom stereocenters. The Morgan fingerprint density at radius 1 is 1.60 bits per heavy atom. The molecule has 2 heterocycles. The van der Waals surface area contributed by atoms with E-state index in [4.69, 9.17) is 9.47 Å². The number of nitrogens with zero attached hydrogens (tertiary/aromatic N) is 3. The second-order valence-corrected chi connectivity index (χ2v) is 5.89. The highest BCUT2D eigenvalue weighted by Crippen LogP contribution is 2.21. The number of morpholine rings is 1. The highest BCUT2D eigenvalue weighted by molar-refractivity contribution is 5.78. The van der Waals surface area contributed by atoms with E-state index >= 15 is 0 Å². The van der Waals surface area contributed by atoms with Crippen molar-refractivity contribution in [2.45, 2.75) is 32.0 Å². The lowest BCUT2D eigenvalue weighted by atomic mass is 10.0. The van der Waals surface area contributed by atoms with Crippen molar-refractivity contribution < 1.29 is 14.3 Å². The highest BCUT2D eigenvalue weighted by Gasteiger charge is 2.35. The molecular formula is C14H23N3O3. The Morgan fingerprint density at radius 3 is 2.95 bits per heavy atom. The molecule has 1 aromatic heterocycles. The zero-order chi connectivity index (χ0) is 14.8. The van der Waals surface area contributed by atoms with Crippen molar-refractivity contribution in [2.75, 3.05) is 26.8 Å². The lowest BCUT2D eigenvalue weighted by molar-refractivity contribution is -0.168. The summed E-state index contributed by atoms with van der Waals surface area (Å²) in [6.07, 6.45) is 2.10. The Hall–Kier alpha value is -1.40. The van der Waals surface area contributed by atoms with Crippen LogP contribution in [0.4, 0.5) is 0 Å². The van der Waals surface area contributed by atoms with E-state index in [-0.39, 0.29) is 17.6 Å². The van der Waals surface area contributed by atoms with Gasteiger partial charge in [0.15, 0.2) is 0 Å². The Morgan fingerprint density at radius 2 is 2.35 bits per heavy atom. The fraction of sp³-hybridized carbons (Fsp3) is 0.714. The number of amides is 1. The van der Waals surface area contributed by atoms with Crippen molar-refractivity contribution in [1.29, 1.82) is 0 Å². The molecule has 20 heavy (non-hydrogen) atoms. The van der Waals surface area contributed by atoms with Gasteiger partial charge < -0.3 is 14.4 Å². The molecule has 0 radical (unpaired) electrons. The van der Waals surface area contributed by atoms with Gasteiger partial charge in [-0.25, -0.2) is 0 Å². The lowest BCUT2D eigenvalue weighted by Crippen LogP contribution is -2.56. The number of ether oxygens (including phenoxy) is 2. The van der Waals surface area contributed by atoms with Crippen molar-refractivity contribution in [3.8, 4) is 0 Å². The molecule has 6 heteroatoms. The average Bonchev–Trinajstić information content (AvgIpc) is 2.73. The monoisotopic (exact) mass is 281 g/mol.